The lowest BCUT2D eigenvalue weighted by Crippen LogP contribution is -2.26. The predicted octanol–water partition coefficient (Wildman–Crippen LogP) is 3.68. The van der Waals surface area contributed by atoms with Crippen molar-refractivity contribution in [3.63, 3.8) is 0 Å². The molecule has 0 aliphatic heterocycles. The summed E-state index contributed by atoms with van der Waals surface area (Å²) in [6.07, 6.45) is 0. The highest BCUT2D eigenvalue weighted by atomic mass is 32.2. The fourth-order valence-corrected chi connectivity index (χ4v) is 3.35. The van der Waals surface area contributed by atoms with Gasteiger partial charge in [-0.05, 0) is 43.3 Å². The van der Waals surface area contributed by atoms with E-state index < -0.39 is 22.5 Å². The second-order valence-electron chi connectivity index (χ2n) is 7.94. The summed E-state index contributed by atoms with van der Waals surface area (Å²) < 4.78 is 5.19. The van der Waals surface area contributed by atoms with Crippen molar-refractivity contribution < 1.29 is 23.9 Å². The first-order valence-electron chi connectivity index (χ1n) is 9.66. The number of ketones is 1. The molecule has 164 valence electrons. The molecular formula is C23H26N2O5S. The molecule has 31 heavy (non-hydrogen) atoms. The molecule has 2 aromatic rings. The molecule has 0 bridgehead atoms. The van der Waals surface area contributed by atoms with Crippen molar-refractivity contribution in [3.05, 3.63) is 59.7 Å². The van der Waals surface area contributed by atoms with Crippen LogP contribution in [-0.4, -0.2) is 35.4 Å². The van der Waals surface area contributed by atoms with Crippen molar-refractivity contribution in [3.8, 4) is 0 Å². The Balaban J connectivity index is 2.03. The Hall–Kier alpha value is -3.13. The maximum Gasteiger partial charge on any atom is 0.339 e. The molecule has 0 spiro atoms. The second kappa shape index (κ2) is 10.3. The second-order valence-corrected chi connectivity index (χ2v) is 9.32. The van der Waals surface area contributed by atoms with Gasteiger partial charge in [-0.1, -0.05) is 32.9 Å². The first-order valence-corrected chi connectivity index (χ1v) is 10.5. The Morgan fingerprint density at radius 3 is 2.23 bits per heavy atom. The summed E-state index contributed by atoms with van der Waals surface area (Å²) >= 11 is 1.20. The van der Waals surface area contributed by atoms with E-state index in [4.69, 9.17) is 10.5 Å². The van der Waals surface area contributed by atoms with Crippen molar-refractivity contribution in [1.82, 2.24) is 0 Å². The fraction of sp³-hybridized carbons (Fsp3) is 0.304. The van der Waals surface area contributed by atoms with Crippen molar-refractivity contribution >= 4 is 41.0 Å². The zero-order chi connectivity index (χ0) is 23.2. The van der Waals surface area contributed by atoms with Crippen LogP contribution in [0.4, 0.5) is 5.69 Å². The van der Waals surface area contributed by atoms with Crippen LogP contribution < -0.4 is 11.1 Å². The number of anilines is 1. The zero-order valence-corrected chi connectivity index (χ0v) is 18.7. The van der Waals surface area contributed by atoms with Crippen LogP contribution in [0.15, 0.2) is 53.4 Å². The maximum absolute atomic E-state index is 12.6. The summed E-state index contributed by atoms with van der Waals surface area (Å²) in [4.78, 5) is 48.8. The van der Waals surface area contributed by atoms with Gasteiger partial charge in [0.1, 0.15) is 0 Å². The highest BCUT2D eigenvalue weighted by molar-refractivity contribution is 8.00. The Morgan fingerprint density at radius 1 is 1.03 bits per heavy atom. The molecular weight excluding hydrogens is 416 g/mol. The molecule has 0 aliphatic carbocycles. The number of hydrogen-bond donors (Lipinski definition) is 2. The molecule has 8 heteroatoms. The lowest BCUT2D eigenvalue weighted by atomic mass is 9.91. The fourth-order valence-electron chi connectivity index (χ4n) is 2.37. The molecule has 2 amide bonds. The smallest absolute Gasteiger partial charge is 0.339 e. The number of nitrogens with one attached hydrogen (secondary N) is 1. The highest BCUT2D eigenvalue weighted by Gasteiger charge is 2.24. The Morgan fingerprint density at radius 2 is 1.65 bits per heavy atom. The summed E-state index contributed by atoms with van der Waals surface area (Å²) in [6.45, 7) is 6.68. The third-order valence-corrected chi connectivity index (χ3v) is 5.57. The van der Waals surface area contributed by atoms with Gasteiger partial charge in [0.25, 0.3) is 0 Å². The largest absolute Gasteiger partial charge is 0.454 e. The number of ether oxygens (including phenoxy) is 1. The Bertz CT molecular complexity index is 980. The number of carbonyl (C=O) groups is 4. The van der Waals surface area contributed by atoms with E-state index in [0.717, 1.165) is 0 Å². The molecule has 0 saturated heterocycles. The summed E-state index contributed by atoms with van der Waals surface area (Å²) in [6, 6.07) is 13.0. The number of esters is 1. The topological polar surface area (TPSA) is 116 Å². The standard InChI is InChI=1S/C23H26N2O5S/c1-14(21(28)25-16-11-9-15(10-12-16)20(24)27)31-18-8-6-5-7-17(18)22(29)30-13-19(26)23(2,3)4/h5-12,14H,13H2,1-4H3,(H2,24,27)(H,25,28)/t14-/m1/s1. The van der Waals surface area contributed by atoms with E-state index in [1.54, 1.807) is 64.1 Å². The van der Waals surface area contributed by atoms with Gasteiger partial charge in [-0.2, -0.15) is 0 Å². The first kappa shape index (κ1) is 24.1. The van der Waals surface area contributed by atoms with Gasteiger partial charge in [0.2, 0.25) is 11.8 Å². The molecule has 3 N–H and O–H groups in total. The first-order chi connectivity index (χ1) is 14.5. The number of Topliss-reactive ketones (excluding diaryl/α,β-unsaturated/α-hetero) is 1. The minimum absolute atomic E-state index is 0.180. The lowest BCUT2D eigenvalue weighted by Gasteiger charge is -2.17. The number of thioether (sulfide) groups is 1. The number of primary amides is 1. The molecule has 0 heterocycles. The van der Waals surface area contributed by atoms with Gasteiger partial charge in [-0.3, -0.25) is 14.4 Å². The number of hydrogen-bond acceptors (Lipinski definition) is 6. The lowest BCUT2D eigenvalue weighted by molar-refractivity contribution is -0.129. The molecule has 0 fully saturated rings. The predicted molar refractivity (Wildman–Crippen MR) is 120 cm³/mol. The number of rotatable bonds is 8. The minimum Gasteiger partial charge on any atom is -0.454 e. The van der Waals surface area contributed by atoms with Gasteiger partial charge in [-0.25, -0.2) is 4.79 Å². The van der Waals surface area contributed by atoms with E-state index in [-0.39, 0.29) is 18.3 Å². The highest BCUT2D eigenvalue weighted by Crippen LogP contribution is 2.28. The third kappa shape index (κ3) is 6.96. The molecule has 7 nitrogen and oxygen atoms in total. The van der Waals surface area contributed by atoms with Crippen molar-refractivity contribution in [1.29, 1.82) is 0 Å². The van der Waals surface area contributed by atoms with Crippen molar-refractivity contribution in [2.75, 3.05) is 11.9 Å². The van der Waals surface area contributed by atoms with E-state index in [1.165, 1.54) is 23.9 Å². The number of benzene rings is 2. The van der Waals surface area contributed by atoms with Crippen LogP contribution >= 0.6 is 11.8 Å². The van der Waals surface area contributed by atoms with Gasteiger partial charge in [0.05, 0.1) is 10.8 Å². The Labute approximate surface area is 185 Å². The van der Waals surface area contributed by atoms with E-state index >= 15 is 0 Å². The van der Waals surface area contributed by atoms with Crippen LogP contribution in [0.2, 0.25) is 0 Å². The van der Waals surface area contributed by atoms with Crippen molar-refractivity contribution in [2.45, 2.75) is 37.8 Å². The zero-order valence-electron chi connectivity index (χ0n) is 17.9. The number of nitrogens with two attached hydrogens (primary N) is 1. The summed E-state index contributed by atoms with van der Waals surface area (Å²) in [5.41, 5.74) is 5.77. The average molecular weight is 443 g/mol. The van der Waals surface area contributed by atoms with Crippen LogP contribution in [-0.2, 0) is 14.3 Å². The van der Waals surface area contributed by atoms with Crippen LogP contribution in [0.25, 0.3) is 0 Å². The third-order valence-electron chi connectivity index (χ3n) is 4.39. The Kier molecular flexibility index (Phi) is 7.99. The molecule has 0 aliphatic rings. The van der Waals surface area contributed by atoms with Crippen LogP contribution in [0, 0.1) is 5.41 Å². The quantitative estimate of drug-likeness (QED) is 0.476. The van der Waals surface area contributed by atoms with Gasteiger partial charge in [-0.15, -0.1) is 11.8 Å². The van der Waals surface area contributed by atoms with Gasteiger partial charge < -0.3 is 15.8 Å². The van der Waals surface area contributed by atoms with Gasteiger partial charge in [0.15, 0.2) is 12.4 Å². The molecule has 1 atom stereocenters. The van der Waals surface area contributed by atoms with Crippen molar-refractivity contribution in [2.24, 2.45) is 11.1 Å². The molecule has 0 saturated carbocycles. The summed E-state index contributed by atoms with van der Waals surface area (Å²) in [7, 11) is 0. The molecule has 0 radical (unpaired) electrons. The van der Waals surface area contributed by atoms with Gasteiger partial charge >= 0.3 is 5.97 Å². The molecule has 0 aromatic heterocycles. The van der Waals surface area contributed by atoms with Crippen LogP contribution in [0.3, 0.4) is 0 Å². The normalized spacial score (nSPS) is 12.0. The molecule has 2 aromatic carbocycles. The van der Waals surface area contributed by atoms with Crippen LogP contribution in [0.5, 0.6) is 0 Å². The average Bonchev–Trinajstić information content (AvgIpc) is 2.71. The van der Waals surface area contributed by atoms with E-state index in [2.05, 4.69) is 5.32 Å². The number of carbonyl (C=O) groups excluding carboxylic acids is 4. The van der Waals surface area contributed by atoms with Gasteiger partial charge in [0, 0.05) is 21.6 Å². The monoisotopic (exact) mass is 442 g/mol. The van der Waals surface area contributed by atoms with E-state index in [1.807, 2.05) is 0 Å². The SMILES string of the molecule is C[C@@H](Sc1ccccc1C(=O)OCC(=O)C(C)(C)C)C(=O)Nc1ccc(C(N)=O)cc1. The molecule has 2 rings (SSSR count). The maximum atomic E-state index is 12.6. The van der Waals surface area contributed by atoms with Crippen LogP contribution in [0.1, 0.15) is 48.4 Å². The molecule has 0 unspecified atom stereocenters. The summed E-state index contributed by atoms with van der Waals surface area (Å²) in [5, 5.41) is 2.23. The minimum atomic E-state index is -0.615. The number of amides is 2. The van der Waals surface area contributed by atoms with E-state index in [9.17, 15) is 19.2 Å². The van der Waals surface area contributed by atoms with E-state index in [0.29, 0.717) is 21.7 Å². The summed E-state index contributed by atoms with van der Waals surface area (Å²) in [5.74, 6) is -1.62.